The first-order chi connectivity index (χ1) is 8.89. The van der Waals surface area contributed by atoms with Crippen LogP contribution in [-0.4, -0.2) is 26.5 Å². The molecule has 1 aliphatic heterocycles. The summed E-state index contributed by atoms with van der Waals surface area (Å²) in [5.74, 6) is -0.829. The molecule has 7 heteroatoms. The third-order valence-electron chi connectivity index (χ3n) is 3.20. The number of nitrogens with one attached hydrogen (secondary N) is 1. The number of hydrogen-bond donors (Lipinski definition) is 1. The summed E-state index contributed by atoms with van der Waals surface area (Å²) in [4.78, 5) is 0. The summed E-state index contributed by atoms with van der Waals surface area (Å²) in [6.45, 7) is 0.498. The molecular weight excluding hydrogens is 340 g/mol. The quantitative estimate of drug-likeness (QED) is 0.844. The van der Waals surface area contributed by atoms with Gasteiger partial charge in [-0.25, -0.2) is 17.2 Å². The largest absolute Gasteiger partial charge is 0.312 e. The molecule has 0 aromatic heterocycles. The van der Waals surface area contributed by atoms with Crippen molar-refractivity contribution >= 4 is 25.8 Å². The van der Waals surface area contributed by atoms with Crippen LogP contribution in [0.4, 0.5) is 8.78 Å². The third kappa shape index (κ3) is 3.73. The first kappa shape index (κ1) is 14.9. The molecule has 1 aromatic rings. The van der Waals surface area contributed by atoms with Crippen molar-refractivity contribution in [3.05, 3.63) is 33.8 Å². The molecule has 1 aromatic carbocycles. The zero-order valence-corrected chi connectivity index (χ0v) is 12.5. The highest BCUT2D eigenvalue weighted by Gasteiger charge is 2.27. The minimum atomic E-state index is -2.91. The van der Waals surface area contributed by atoms with Crippen molar-refractivity contribution in [2.75, 3.05) is 18.1 Å². The van der Waals surface area contributed by atoms with Crippen molar-refractivity contribution in [1.82, 2.24) is 5.32 Å². The van der Waals surface area contributed by atoms with Gasteiger partial charge in [0.05, 0.1) is 16.0 Å². The first-order valence-electron chi connectivity index (χ1n) is 5.92. The molecule has 1 heterocycles. The second-order valence-electron chi connectivity index (χ2n) is 4.72. The van der Waals surface area contributed by atoms with Gasteiger partial charge in [-0.15, -0.1) is 0 Å². The van der Waals surface area contributed by atoms with E-state index in [1.54, 1.807) is 0 Å². The average molecular weight is 354 g/mol. The van der Waals surface area contributed by atoms with Gasteiger partial charge in [0.15, 0.2) is 9.84 Å². The lowest BCUT2D eigenvalue weighted by atomic mass is 10.1. The Morgan fingerprint density at radius 3 is 2.74 bits per heavy atom. The predicted molar refractivity (Wildman–Crippen MR) is 72.5 cm³/mol. The summed E-state index contributed by atoms with van der Waals surface area (Å²) in [5, 5.41) is 2.92. The Hall–Kier alpha value is -0.530. The molecule has 0 aliphatic carbocycles. The molecule has 3 nitrogen and oxygen atoms in total. The van der Waals surface area contributed by atoms with Gasteiger partial charge in [0.25, 0.3) is 0 Å². The van der Waals surface area contributed by atoms with Gasteiger partial charge < -0.3 is 5.32 Å². The van der Waals surface area contributed by atoms with Crippen LogP contribution in [0.15, 0.2) is 16.6 Å². The van der Waals surface area contributed by atoms with Gasteiger partial charge in [-0.2, -0.15) is 0 Å². The smallest absolute Gasteiger partial charge is 0.150 e. The van der Waals surface area contributed by atoms with E-state index in [-0.39, 0.29) is 34.0 Å². The summed E-state index contributed by atoms with van der Waals surface area (Å²) in [6, 6.07) is 2.52. The Bertz CT molecular complexity index is 577. The Morgan fingerprint density at radius 1 is 1.37 bits per heavy atom. The molecule has 1 saturated heterocycles. The minimum Gasteiger partial charge on any atom is -0.312 e. The van der Waals surface area contributed by atoms with Crippen molar-refractivity contribution in [3.8, 4) is 0 Å². The Balaban J connectivity index is 1.92. The molecule has 0 amide bonds. The lowest BCUT2D eigenvalue weighted by Gasteiger charge is -2.11. The number of halogens is 3. The lowest BCUT2D eigenvalue weighted by molar-refractivity contribution is 0.491. The number of hydrogen-bond acceptors (Lipinski definition) is 3. The van der Waals surface area contributed by atoms with Crippen molar-refractivity contribution in [2.45, 2.75) is 13.0 Å². The van der Waals surface area contributed by atoms with E-state index in [4.69, 9.17) is 0 Å². The summed E-state index contributed by atoms with van der Waals surface area (Å²) >= 11 is 3.00. The van der Waals surface area contributed by atoms with E-state index in [1.165, 1.54) is 12.1 Å². The standard InChI is InChI=1S/C12H14BrF2NO2S/c13-10-1-2-11(14)9(12(10)15)6-16-5-8-3-4-19(17,18)7-8/h1-2,8,16H,3-7H2. The molecule has 1 aliphatic rings. The van der Waals surface area contributed by atoms with Crippen LogP contribution in [0.5, 0.6) is 0 Å². The van der Waals surface area contributed by atoms with Crippen molar-refractivity contribution in [3.63, 3.8) is 0 Å². The van der Waals surface area contributed by atoms with E-state index in [9.17, 15) is 17.2 Å². The summed E-state index contributed by atoms with van der Waals surface area (Å²) < 4.78 is 49.9. The second kappa shape index (κ2) is 5.85. The molecule has 2 rings (SSSR count). The molecule has 1 unspecified atom stereocenters. The molecule has 0 radical (unpaired) electrons. The van der Waals surface area contributed by atoms with Gasteiger partial charge in [0.2, 0.25) is 0 Å². The van der Waals surface area contributed by atoms with Crippen LogP contribution in [0, 0.1) is 17.6 Å². The van der Waals surface area contributed by atoms with E-state index in [0.29, 0.717) is 13.0 Å². The molecule has 1 N–H and O–H groups in total. The maximum absolute atomic E-state index is 13.7. The maximum atomic E-state index is 13.7. The van der Waals surface area contributed by atoms with Crippen LogP contribution < -0.4 is 5.32 Å². The van der Waals surface area contributed by atoms with Crippen LogP contribution >= 0.6 is 15.9 Å². The molecule has 1 fully saturated rings. The van der Waals surface area contributed by atoms with E-state index < -0.39 is 21.5 Å². The Labute approximate surface area is 119 Å². The SMILES string of the molecule is O=S1(=O)CCC(CNCc2c(F)ccc(Br)c2F)C1. The van der Waals surface area contributed by atoms with Crippen LogP contribution in [-0.2, 0) is 16.4 Å². The Morgan fingerprint density at radius 2 is 2.11 bits per heavy atom. The zero-order chi connectivity index (χ0) is 14.0. The number of benzene rings is 1. The number of sulfone groups is 1. The fourth-order valence-corrected chi connectivity index (χ4v) is 4.40. The maximum Gasteiger partial charge on any atom is 0.150 e. The van der Waals surface area contributed by atoms with Gasteiger partial charge in [0, 0.05) is 12.1 Å². The zero-order valence-electron chi connectivity index (χ0n) is 10.1. The van der Waals surface area contributed by atoms with E-state index in [0.717, 1.165) is 0 Å². The summed E-state index contributed by atoms with van der Waals surface area (Å²) in [5.41, 5.74) is -0.0322. The molecule has 1 atom stereocenters. The van der Waals surface area contributed by atoms with E-state index >= 15 is 0 Å². The van der Waals surface area contributed by atoms with Crippen LogP contribution in [0.3, 0.4) is 0 Å². The van der Waals surface area contributed by atoms with Gasteiger partial charge >= 0.3 is 0 Å². The van der Waals surface area contributed by atoms with Crippen LogP contribution in [0.2, 0.25) is 0 Å². The fraction of sp³-hybridized carbons (Fsp3) is 0.500. The highest BCUT2D eigenvalue weighted by atomic mass is 79.9. The van der Waals surface area contributed by atoms with Gasteiger partial charge in [-0.3, -0.25) is 0 Å². The highest BCUT2D eigenvalue weighted by molar-refractivity contribution is 9.10. The molecular formula is C12H14BrF2NO2S. The molecule has 0 saturated carbocycles. The van der Waals surface area contributed by atoms with Crippen LogP contribution in [0.25, 0.3) is 0 Å². The Kier molecular flexibility index (Phi) is 4.58. The predicted octanol–water partition coefficient (Wildman–Crippen LogP) is 2.25. The minimum absolute atomic E-state index is 0.0308. The molecule has 0 spiro atoms. The monoisotopic (exact) mass is 353 g/mol. The van der Waals surface area contributed by atoms with Crippen molar-refractivity contribution in [2.24, 2.45) is 5.92 Å². The average Bonchev–Trinajstić information content (AvgIpc) is 2.68. The van der Waals surface area contributed by atoms with Crippen LogP contribution in [0.1, 0.15) is 12.0 Å². The fourth-order valence-electron chi connectivity index (χ4n) is 2.17. The topological polar surface area (TPSA) is 46.2 Å². The molecule has 106 valence electrons. The normalized spacial score (nSPS) is 21.7. The first-order valence-corrected chi connectivity index (χ1v) is 8.54. The van der Waals surface area contributed by atoms with E-state index in [2.05, 4.69) is 21.2 Å². The molecule has 19 heavy (non-hydrogen) atoms. The van der Waals surface area contributed by atoms with Gasteiger partial charge in [-0.05, 0) is 46.9 Å². The lowest BCUT2D eigenvalue weighted by Crippen LogP contribution is -2.24. The van der Waals surface area contributed by atoms with Crippen molar-refractivity contribution in [1.29, 1.82) is 0 Å². The second-order valence-corrected chi connectivity index (χ2v) is 7.80. The summed E-state index contributed by atoms with van der Waals surface area (Å²) in [6.07, 6.45) is 0.610. The summed E-state index contributed by atoms with van der Waals surface area (Å²) in [7, 11) is -2.91. The van der Waals surface area contributed by atoms with Gasteiger partial charge in [-0.1, -0.05) is 0 Å². The third-order valence-corrected chi connectivity index (χ3v) is 5.65. The molecule has 0 bridgehead atoms. The van der Waals surface area contributed by atoms with Crippen molar-refractivity contribution < 1.29 is 17.2 Å². The van der Waals surface area contributed by atoms with E-state index in [1.807, 2.05) is 0 Å². The van der Waals surface area contributed by atoms with Gasteiger partial charge in [0.1, 0.15) is 11.6 Å². The number of rotatable bonds is 4. The highest BCUT2D eigenvalue weighted by Crippen LogP contribution is 2.22.